The molecule has 0 saturated heterocycles. The number of rotatable bonds is 3. The number of esters is 1. The third kappa shape index (κ3) is 3.93. The molecule has 0 rings (SSSR count). The van der Waals surface area contributed by atoms with Gasteiger partial charge in [-0.3, -0.25) is 4.79 Å². The average Bonchev–Trinajstić information content (AvgIpc) is 1.88. The molecule has 0 aliphatic carbocycles. The first-order chi connectivity index (χ1) is 4.70. The predicted molar refractivity (Wildman–Crippen MR) is 38.1 cm³/mol. The molecule has 0 unspecified atom stereocenters. The molecule has 0 aliphatic rings. The van der Waals surface area contributed by atoms with Gasteiger partial charge in [0.05, 0.1) is 13.5 Å². The van der Waals surface area contributed by atoms with Crippen molar-refractivity contribution in [3.63, 3.8) is 0 Å². The summed E-state index contributed by atoms with van der Waals surface area (Å²) in [4.78, 5) is 10.5. The molecule has 1 atom stereocenters. The molecule has 0 aromatic rings. The minimum Gasteiger partial charge on any atom is -0.469 e. The fourth-order valence-electron chi connectivity index (χ4n) is 0.521. The molecule has 3 nitrogen and oxygen atoms in total. The summed E-state index contributed by atoms with van der Waals surface area (Å²) >= 11 is 0. The van der Waals surface area contributed by atoms with Crippen LogP contribution < -0.4 is 5.73 Å². The van der Waals surface area contributed by atoms with Gasteiger partial charge >= 0.3 is 5.97 Å². The highest BCUT2D eigenvalue weighted by atomic mass is 16.5. The summed E-state index contributed by atoms with van der Waals surface area (Å²) in [6.45, 7) is 0. The van der Waals surface area contributed by atoms with Gasteiger partial charge in [0.15, 0.2) is 0 Å². The Balaban J connectivity index is 3.49. The average molecular weight is 141 g/mol. The SMILES string of the molecule is C#CC[C@H](N)CC(=O)OC. The molecule has 0 radical (unpaired) electrons. The first kappa shape index (κ1) is 8.99. The molecule has 2 N–H and O–H groups in total. The Bertz CT molecular complexity index is 148. The highest BCUT2D eigenvalue weighted by molar-refractivity contribution is 5.69. The third-order valence-corrected chi connectivity index (χ3v) is 1.04. The van der Waals surface area contributed by atoms with E-state index in [1.165, 1.54) is 7.11 Å². The molecule has 0 saturated carbocycles. The van der Waals surface area contributed by atoms with Crippen LogP contribution in [0.3, 0.4) is 0 Å². The molecule has 0 aromatic heterocycles. The summed E-state index contributed by atoms with van der Waals surface area (Å²) in [5.74, 6) is 2.05. The highest BCUT2D eigenvalue weighted by Crippen LogP contribution is 1.94. The number of methoxy groups -OCH3 is 1. The van der Waals surface area contributed by atoms with Crippen LogP contribution in [0.5, 0.6) is 0 Å². The van der Waals surface area contributed by atoms with E-state index in [1.807, 2.05) is 0 Å². The number of terminal acetylenes is 1. The fraction of sp³-hybridized carbons (Fsp3) is 0.571. The van der Waals surface area contributed by atoms with Crippen molar-refractivity contribution in [2.24, 2.45) is 5.73 Å². The van der Waals surface area contributed by atoms with Gasteiger partial charge < -0.3 is 10.5 Å². The Morgan fingerprint density at radius 1 is 1.90 bits per heavy atom. The molecule has 0 bridgehead atoms. The molecular formula is C7H11NO2. The van der Waals surface area contributed by atoms with Gasteiger partial charge in [-0.2, -0.15) is 0 Å². The van der Waals surface area contributed by atoms with Gasteiger partial charge in [-0.25, -0.2) is 0 Å². The molecule has 3 heteroatoms. The largest absolute Gasteiger partial charge is 0.469 e. The number of hydrogen-bond donors (Lipinski definition) is 1. The smallest absolute Gasteiger partial charge is 0.307 e. The van der Waals surface area contributed by atoms with Gasteiger partial charge in [0, 0.05) is 12.5 Å². The zero-order valence-corrected chi connectivity index (χ0v) is 5.96. The second kappa shape index (κ2) is 4.83. The maximum atomic E-state index is 10.5. The Morgan fingerprint density at radius 2 is 2.50 bits per heavy atom. The van der Waals surface area contributed by atoms with Crippen molar-refractivity contribution in [2.45, 2.75) is 18.9 Å². The van der Waals surface area contributed by atoms with Crippen LogP contribution in [-0.2, 0) is 9.53 Å². The van der Waals surface area contributed by atoms with Crippen molar-refractivity contribution in [1.82, 2.24) is 0 Å². The van der Waals surface area contributed by atoms with Crippen LogP contribution >= 0.6 is 0 Å². The van der Waals surface area contributed by atoms with Gasteiger partial charge in [0.2, 0.25) is 0 Å². The van der Waals surface area contributed by atoms with Crippen LogP contribution in [0.2, 0.25) is 0 Å². The Hall–Kier alpha value is -1.01. The number of nitrogens with two attached hydrogens (primary N) is 1. The Kier molecular flexibility index (Phi) is 4.34. The van der Waals surface area contributed by atoms with Crippen LogP contribution in [0.25, 0.3) is 0 Å². The van der Waals surface area contributed by atoms with E-state index in [9.17, 15) is 4.79 Å². The number of carbonyl (C=O) groups excluding carboxylic acids is 1. The second-order valence-corrected chi connectivity index (χ2v) is 1.95. The molecule has 0 fully saturated rings. The van der Waals surface area contributed by atoms with E-state index < -0.39 is 0 Å². The lowest BCUT2D eigenvalue weighted by Gasteiger charge is -2.04. The molecule has 10 heavy (non-hydrogen) atoms. The number of hydrogen-bond acceptors (Lipinski definition) is 3. The monoisotopic (exact) mass is 141 g/mol. The van der Waals surface area contributed by atoms with Crippen molar-refractivity contribution in [1.29, 1.82) is 0 Å². The minimum absolute atomic E-state index is 0.195. The summed E-state index contributed by atoms with van der Waals surface area (Å²) in [6.07, 6.45) is 5.57. The quantitative estimate of drug-likeness (QED) is 0.441. The first-order valence-electron chi connectivity index (χ1n) is 2.96. The molecule has 0 aromatic carbocycles. The summed E-state index contributed by atoms with van der Waals surface area (Å²) in [6, 6.07) is -0.266. The molecule has 0 amide bonds. The Morgan fingerprint density at radius 3 is 2.90 bits per heavy atom. The van der Waals surface area contributed by atoms with Crippen molar-refractivity contribution in [2.75, 3.05) is 7.11 Å². The molecular weight excluding hydrogens is 130 g/mol. The van der Waals surface area contributed by atoms with E-state index in [0.717, 1.165) is 0 Å². The second-order valence-electron chi connectivity index (χ2n) is 1.95. The summed E-state index contributed by atoms with van der Waals surface area (Å²) in [5, 5.41) is 0. The van der Waals surface area contributed by atoms with Crippen molar-refractivity contribution >= 4 is 5.97 Å². The van der Waals surface area contributed by atoms with E-state index in [1.54, 1.807) is 0 Å². The van der Waals surface area contributed by atoms with E-state index in [-0.39, 0.29) is 18.4 Å². The maximum absolute atomic E-state index is 10.5. The first-order valence-corrected chi connectivity index (χ1v) is 2.96. The zero-order valence-electron chi connectivity index (χ0n) is 5.96. The zero-order chi connectivity index (χ0) is 7.98. The van der Waals surface area contributed by atoms with Crippen molar-refractivity contribution in [3.05, 3.63) is 0 Å². The van der Waals surface area contributed by atoms with E-state index in [2.05, 4.69) is 10.7 Å². The Labute approximate surface area is 60.5 Å². The van der Waals surface area contributed by atoms with E-state index in [0.29, 0.717) is 6.42 Å². The number of ether oxygens (including phenoxy) is 1. The standard InChI is InChI=1S/C7H11NO2/c1-3-4-6(8)5-7(9)10-2/h1,6H,4-5,8H2,2H3/t6-/m0/s1. The van der Waals surface area contributed by atoms with Crippen LogP contribution in [0.1, 0.15) is 12.8 Å². The lowest BCUT2D eigenvalue weighted by atomic mass is 10.2. The highest BCUT2D eigenvalue weighted by Gasteiger charge is 2.06. The van der Waals surface area contributed by atoms with Gasteiger partial charge in [-0.15, -0.1) is 12.3 Å². The summed E-state index contributed by atoms with van der Waals surface area (Å²) in [7, 11) is 1.32. The van der Waals surface area contributed by atoms with Crippen LogP contribution in [0.15, 0.2) is 0 Å². The molecule has 0 aliphatic heterocycles. The fourth-order valence-corrected chi connectivity index (χ4v) is 0.521. The molecule has 0 spiro atoms. The summed E-state index contributed by atoms with van der Waals surface area (Å²) in [5.41, 5.74) is 5.42. The van der Waals surface area contributed by atoms with Crippen molar-refractivity contribution < 1.29 is 9.53 Å². The van der Waals surface area contributed by atoms with Crippen LogP contribution in [0.4, 0.5) is 0 Å². The summed E-state index contributed by atoms with van der Waals surface area (Å²) < 4.78 is 4.38. The van der Waals surface area contributed by atoms with Crippen molar-refractivity contribution in [3.8, 4) is 12.3 Å². The minimum atomic E-state index is -0.317. The van der Waals surface area contributed by atoms with Gasteiger partial charge in [-0.1, -0.05) is 0 Å². The van der Waals surface area contributed by atoms with Gasteiger partial charge in [0.25, 0.3) is 0 Å². The number of carbonyl (C=O) groups is 1. The molecule has 56 valence electrons. The molecule has 0 heterocycles. The van der Waals surface area contributed by atoms with Gasteiger partial charge in [-0.05, 0) is 0 Å². The normalized spacial score (nSPS) is 11.7. The lowest BCUT2D eigenvalue weighted by molar-refractivity contribution is -0.140. The van der Waals surface area contributed by atoms with Gasteiger partial charge in [0.1, 0.15) is 0 Å². The lowest BCUT2D eigenvalue weighted by Crippen LogP contribution is -2.23. The van der Waals surface area contributed by atoms with E-state index in [4.69, 9.17) is 12.2 Å². The van der Waals surface area contributed by atoms with Crippen LogP contribution in [0, 0.1) is 12.3 Å². The van der Waals surface area contributed by atoms with Crippen LogP contribution in [-0.4, -0.2) is 19.1 Å². The maximum Gasteiger partial charge on any atom is 0.307 e. The topological polar surface area (TPSA) is 52.3 Å². The third-order valence-electron chi connectivity index (χ3n) is 1.04. The van der Waals surface area contributed by atoms with E-state index >= 15 is 0 Å². The predicted octanol–water partition coefficient (Wildman–Crippen LogP) is -0.0999.